The minimum absolute atomic E-state index is 0.128. The van der Waals surface area contributed by atoms with Gasteiger partial charge in [0.15, 0.2) is 5.69 Å². The molecular weight excluding hydrogens is 504 g/mol. The number of hydrogen-bond acceptors (Lipinski definition) is 6. The van der Waals surface area contributed by atoms with E-state index in [1.165, 1.54) is 0 Å². The Bertz CT molecular complexity index is 1480. The average Bonchev–Trinajstić information content (AvgIpc) is 3.72. The van der Waals surface area contributed by atoms with Crippen molar-refractivity contribution in [2.24, 2.45) is 17.6 Å². The summed E-state index contributed by atoms with van der Waals surface area (Å²) in [6.07, 6.45) is 6.47. The highest BCUT2D eigenvalue weighted by Gasteiger charge is 2.37. The number of imidazole rings is 1. The maximum Gasteiger partial charge on any atom is 0.269 e. The minimum Gasteiger partial charge on any atom is -0.457 e. The second-order valence-corrected chi connectivity index (χ2v) is 10.8. The monoisotopic (exact) mass is 536 g/mol. The number of fused-ring (bicyclic) bond motifs is 1. The highest BCUT2D eigenvalue weighted by molar-refractivity contribution is 5.98. The van der Waals surface area contributed by atoms with E-state index in [1.807, 2.05) is 60.7 Å². The molecule has 1 aromatic heterocycles. The Kier molecular flexibility index (Phi) is 6.99. The van der Waals surface area contributed by atoms with Crippen molar-refractivity contribution in [2.45, 2.75) is 38.0 Å². The molecule has 9 heteroatoms. The maximum atomic E-state index is 12.9. The standard InChI is InChI=1S/C31H32N6O3/c32-19-23(18-20-6-7-20)31(39)36-16-13-21(14-17-36)26-12-15-34-37-28(29(33)38)27(35-30(26)37)22-8-10-25(11-9-22)40-24-4-2-1-3-5-24/h1-5,8-11,18,20-21,26,34H,6-7,12-17H2,(H2,33,38). The minimum atomic E-state index is -0.543. The van der Waals surface area contributed by atoms with Crippen LogP contribution in [0.25, 0.3) is 11.3 Å². The van der Waals surface area contributed by atoms with Crippen LogP contribution in [0.5, 0.6) is 11.5 Å². The Morgan fingerprint density at radius 1 is 1.00 bits per heavy atom. The van der Waals surface area contributed by atoms with Crippen LogP contribution in [-0.4, -0.2) is 46.0 Å². The third-order valence-corrected chi connectivity index (χ3v) is 8.07. The molecule has 1 aliphatic carbocycles. The van der Waals surface area contributed by atoms with E-state index < -0.39 is 5.91 Å². The zero-order valence-electron chi connectivity index (χ0n) is 22.3. The van der Waals surface area contributed by atoms with Gasteiger partial charge in [-0.1, -0.05) is 24.3 Å². The molecule has 1 saturated carbocycles. The number of nitriles is 1. The molecule has 3 aliphatic rings. The molecule has 3 heterocycles. The molecule has 40 heavy (non-hydrogen) atoms. The first kappa shape index (κ1) is 25.7. The maximum absolute atomic E-state index is 12.9. The van der Waals surface area contributed by atoms with Crippen LogP contribution in [0.1, 0.15) is 54.3 Å². The average molecular weight is 537 g/mol. The predicted octanol–water partition coefficient (Wildman–Crippen LogP) is 4.57. The number of rotatable bonds is 7. The molecule has 2 fully saturated rings. The number of primary amides is 1. The third-order valence-electron chi connectivity index (χ3n) is 8.07. The predicted molar refractivity (Wildman–Crippen MR) is 150 cm³/mol. The van der Waals surface area contributed by atoms with Crippen molar-refractivity contribution in [3.63, 3.8) is 0 Å². The molecule has 1 saturated heterocycles. The summed E-state index contributed by atoms with van der Waals surface area (Å²) in [5.41, 5.74) is 11.1. The smallest absolute Gasteiger partial charge is 0.269 e. The summed E-state index contributed by atoms with van der Waals surface area (Å²) in [5.74, 6) is 2.35. The fraction of sp³-hybridized carbons (Fsp3) is 0.355. The number of carbonyl (C=O) groups is 2. The summed E-state index contributed by atoms with van der Waals surface area (Å²) in [6.45, 7) is 1.91. The van der Waals surface area contributed by atoms with E-state index >= 15 is 0 Å². The largest absolute Gasteiger partial charge is 0.457 e. The van der Waals surface area contributed by atoms with E-state index in [-0.39, 0.29) is 17.4 Å². The van der Waals surface area contributed by atoms with Crippen LogP contribution in [0.2, 0.25) is 0 Å². The molecule has 204 valence electrons. The molecule has 2 aromatic carbocycles. The first-order valence-corrected chi connectivity index (χ1v) is 13.9. The van der Waals surface area contributed by atoms with Crippen molar-refractivity contribution in [3.8, 4) is 28.8 Å². The number of aromatic nitrogens is 2. The number of nitrogens with zero attached hydrogens (tertiary/aromatic N) is 4. The van der Waals surface area contributed by atoms with E-state index in [0.29, 0.717) is 48.6 Å². The highest BCUT2D eigenvalue weighted by Crippen LogP contribution is 2.39. The summed E-state index contributed by atoms with van der Waals surface area (Å²) in [4.78, 5) is 32.3. The van der Waals surface area contributed by atoms with Gasteiger partial charge < -0.3 is 20.8 Å². The van der Waals surface area contributed by atoms with Gasteiger partial charge in [0.25, 0.3) is 11.8 Å². The van der Waals surface area contributed by atoms with Gasteiger partial charge in [-0.25, -0.2) is 9.66 Å². The number of ether oxygens (including phenoxy) is 1. The topological polar surface area (TPSA) is 126 Å². The van der Waals surface area contributed by atoms with Gasteiger partial charge in [-0.3, -0.25) is 9.59 Å². The van der Waals surface area contributed by atoms with Crippen molar-refractivity contribution in [2.75, 3.05) is 25.1 Å². The van der Waals surface area contributed by atoms with Crippen molar-refractivity contribution in [1.82, 2.24) is 14.6 Å². The summed E-state index contributed by atoms with van der Waals surface area (Å²) in [7, 11) is 0. The Labute approximate surface area is 233 Å². The van der Waals surface area contributed by atoms with Gasteiger partial charge in [0.05, 0.1) is 0 Å². The van der Waals surface area contributed by atoms with Crippen molar-refractivity contribution < 1.29 is 14.3 Å². The molecule has 1 unspecified atom stereocenters. The summed E-state index contributed by atoms with van der Waals surface area (Å²) < 4.78 is 7.68. The van der Waals surface area contributed by atoms with Gasteiger partial charge in [0.2, 0.25) is 0 Å². The number of amides is 2. The fourth-order valence-electron chi connectivity index (χ4n) is 5.82. The lowest BCUT2D eigenvalue weighted by molar-refractivity contribution is -0.128. The molecule has 9 nitrogen and oxygen atoms in total. The zero-order chi connectivity index (χ0) is 27.6. The van der Waals surface area contributed by atoms with Crippen LogP contribution in [0.15, 0.2) is 66.2 Å². The summed E-state index contributed by atoms with van der Waals surface area (Å²) in [5, 5.41) is 9.49. The van der Waals surface area contributed by atoms with Crippen LogP contribution in [0.4, 0.5) is 0 Å². The third kappa shape index (κ3) is 5.17. The van der Waals surface area contributed by atoms with E-state index in [2.05, 4.69) is 11.5 Å². The normalized spacial score (nSPS) is 19.3. The van der Waals surface area contributed by atoms with Gasteiger partial charge in [-0.05, 0) is 80.3 Å². The van der Waals surface area contributed by atoms with Gasteiger partial charge in [0.1, 0.15) is 34.7 Å². The SMILES string of the molecule is N#CC(=CC1CC1)C(=O)N1CCC(C2CCNn3c2nc(-c2ccc(Oc4ccccc4)cc2)c3C(N)=O)CC1. The lowest BCUT2D eigenvalue weighted by Crippen LogP contribution is -2.42. The molecule has 3 N–H and O–H groups in total. The molecule has 1 atom stereocenters. The molecule has 0 spiro atoms. The zero-order valence-corrected chi connectivity index (χ0v) is 22.3. The van der Waals surface area contributed by atoms with Gasteiger partial charge in [0, 0.05) is 31.1 Å². The van der Waals surface area contributed by atoms with Crippen molar-refractivity contribution in [1.29, 1.82) is 5.26 Å². The van der Waals surface area contributed by atoms with Crippen molar-refractivity contribution >= 4 is 11.8 Å². The van der Waals surface area contributed by atoms with Gasteiger partial charge in [-0.2, -0.15) is 5.26 Å². The lowest BCUT2D eigenvalue weighted by atomic mass is 9.81. The fourth-order valence-corrected chi connectivity index (χ4v) is 5.82. The van der Waals surface area contributed by atoms with Crippen LogP contribution in [0, 0.1) is 23.2 Å². The number of allylic oxidation sites excluding steroid dienone is 1. The number of benzene rings is 2. The summed E-state index contributed by atoms with van der Waals surface area (Å²) in [6, 6.07) is 19.1. The summed E-state index contributed by atoms with van der Waals surface area (Å²) >= 11 is 0. The second kappa shape index (κ2) is 10.9. The Hall–Kier alpha value is -4.58. The van der Waals surface area contributed by atoms with Crippen LogP contribution < -0.4 is 15.9 Å². The van der Waals surface area contributed by atoms with Crippen molar-refractivity contribution in [3.05, 3.63) is 77.8 Å². The van der Waals surface area contributed by atoms with E-state index in [1.54, 1.807) is 9.58 Å². The number of nitrogens with two attached hydrogens (primary N) is 1. The Balaban J connectivity index is 1.20. The Morgan fingerprint density at radius 2 is 1.70 bits per heavy atom. The van der Waals surface area contributed by atoms with Gasteiger partial charge >= 0.3 is 0 Å². The molecular formula is C31H32N6O3. The number of hydrogen-bond donors (Lipinski definition) is 2. The van der Waals surface area contributed by atoms with Crippen LogP contribution in [0.3, 0.4) is 0 Å². The highest BCUT2D eigenvalue weighted by atomic mass is 16.5. The molecule has 3 aromatic rings. The number of nitrogens with one attached hydrogen (secondary N) is 1. The number of carbonyl (C=O) groups excluding carboxylic acids is 2. The molecule has 2 amide bonds. The first-order chi connectivity index (χ1) is 19.5. The first-order valence-electron chi connectivity index (χ1n) is 13.9. The number of likely N-dealkylation sites (tertiary alicyclic amines) is 1. The van der Waals surface area contributed by atoms with Crippen LogP contribution in [-0.2, 0) is 4.79 Å². The Morgan fingerprint density at radius 3 is 2.35 bits per heavy atom. The molecule has 0 radical (unpaired) electrons. The molecule has 0 bridgehead atoms. The van der Waals surface area contributed by atoms with Gasteiger partial charge in [-0.15, -0.1) is 0 Å². The van der Waals surface area contributed by atoms with Crippen LogP contribution >= 0.6 is 0 Å². The van der Waals surface area contributed by atoms with E-state index in [4.69, 9.17) is 15.5 Å². The molecule has 2 aliphatic heterocycles. The van der Waals surface area contributed by atoms with E-state index in [0.717, 1.165) is 49.2 Å². The lowest BCUT2D eigenvalue weighted by Gasteiger charge is -2.37. The van der Waals surface area contributed by atoms with E-state index in [9.17, 15) is 14.9 Å². The number of para-hydroxylation sites is 1. The number of piperidine rings is 1. The second-order valence-electron chi connectivity index (χ2n) is 10.8. The quantitative estimate of drug-likeness (QED) is 0.336. The molecule has 6 rings (SSSR count).